The van der Waals surface area contributed by atoms with Crippen molar-refractivity contribution >= 4 is 22.1 Å². The summed E-state index contributed by atoms with van der Waals surface area (Å²) in [7, 11) is 3.70. The molecule has 1 fully saturated rings. The predicted octanol–water partition coefficient (Wildman–Crippen LogP) is 6.48. The smallest absolute Gasteiger partial charge is 0.143 e. The molecule has 1 aliphatic rings. The number of aliphatic hydroxyl groups excluding tert-OH is 1. The first-order valence-corrected chi connectivity index (χ1v) is 13.6. The SMILES string of the molecule is CN(C)C(O)c1ccc(-c2ccc3cc(O)ccc3c2Oc2ccc(OCCN3CCCCC3)cc2)s1. The molecule has 0 saturated carbocycles. The van der Waals surface area contributed by atoms with Crippen LogP contribution >= 0.6 is 11.3 Å². The molecule has 0 spiro atoms. The number of phenols is 1. The number of rotatable bonds is 9. The van der Waals surface area contributed by atoms with Crippen LogP contribution in [0.1, 0.15) is 30.4 Å². The largest absolute Gasteiger partial charge is 0.508 e. The van der Waals surface area contributed by atoms with Gasteiger partial charge in [-0.2, -0.15) is 0 Å². The number of fused-ring (bicyclic) bond motifs is 1. The first-order valence-electron chi connectivity index (χ1n) is 12.8. The van der Waals surface area contributed by atoms with E-state index < -0.39 is 6.23 Å². The standard InChI is InChI=1S/C30H34N2O4S/c1-31(2)30(34)28-15-14-27(37-28)26-12-6-21-20-22(33)7-13-25(21)29(26)36-24-10-8-23(9-11-24)35-19-18-32-16-4-3-5-17-32/h6-15,20,30,33-34H,3-5,16-19H2,1-2H3. The first-order chi connectivity index (χ1) is 18.0. The second-order valence-electron chi connectivity index (χ2n) is 9.71. The van der Waals surface area contributed by atoms with Crippen molar-refractivity contribution in [1.82, 2.24) is 9.80 Å². The van der Waals surface area contributed by atoms with Crippen LogP contribution in [0.3, 0.4) is 0 Å². The van der Waals surface area contributed by atoms with Gasteiger partial charge in [0.15, 0.2) is 0 Å². The Hall–Kier alpha value is -3.10. The van der Waals surface area contributed by atoms with Gasteiger partial charge in [-0.3, -0.25) is 9.80 Å². The summed E-state index contributed by atoms with van der Waals surface area (Å²) in [5.74, 6) is 2.46. The highest BCUT2D eigenvalue weighted by Crippen LogP contribution is 2.43. The number of likely N-dealkylation sites (tertiary alicyclic amines) is 1. The number of thiophene rings is 1. The monoisotopic (exact) mass is 518 g/mol. The molecule has 4 aromatic rings. The van der Waals surface area contributed by atoms with Crippen molar-refractivity contribution in [2.24, 2.45) is 0 Å². The van der Waals surface area contributed by atoms with Gasteiger partial charge >= 0.3 is 0 Å². The van der Waals surface area contributed by atoms with Crippen LogP contribution in [0.2, 0.25) is 0 Å². The van der Waals surface area contributed by atoms with Gasteiger partial charge in [0.25, 0.3) is 0 Å². The zero-order valence-corrected chi connectivity index (χ0v) is 22.2. The molecule has 3 aromatic carbocycles. The van der Waals surface area contributed by atoms with Gasteiger partial charge < -0.3 is 19.7 Å². The quantitative estimate of drug-likeness (QED) is 0.247. The van der Waals surface area contributed by atoms with Crippen molar-refractivity contribution in [3.63, 3.8) is 0 Å². The summed E-state index contributed by atoms with van der Waals surface area (Å²) >= 11 is 1.54. The molecule has 194 valence electrons. The topological polar surface area (TPSA) is 65.4 Å². The van der Waals surface area contributed by atoms with Gasteiger partial charge in [0.05, 0.1) is 0 Å². The Balaban J connectivity index is 1.37. The third-order valence-corrected chi connectivity index (χ3v) is 7.92. The number of ether oxygens (including phenoxy) is 2. The molecule has 0 aliphatic carbocycles. The summed E-state index contributed by atoms with van der Waals surface area (Å²) in [5, 5.41) is 22.3. The van der Waals surface area contributed by atoms with Crippen molar-refractivity contribution in [2.45, 2.75) is 25.5 Å². The van der Waals surface area contributed by atoms with E-state index in [4.69, 9.17) is 9.47 Å². The number of hydrogen-bond donors (Lipinski definition) is 2. The lowest BCUT2D eigenvalue weighted by molar-refractivity contribution is 0.0427. The van der Waals surface area contributed by atoms with Crippen LogP contribution in [0, 0.1) is 0 Å². The fourth-order valence-electron chi connectivity index (χ4n) is 4.68. The maximum atomic E-state index is 10.5. The van der Waals surface area contributed by atoms with E-state index in [-0.39, 0.29) is 5.75 Å². The highest BCUT2D eigenvalue weighted by atomic mass is 32.1. The molecule has 7 heteroatoms. The summed E-state index contributed by atoms with van der Waals surface area (Å²) < 4.78 is 12.5. The van der Waals surface area contributed by atoms with Gasteiger partial charge in [-0.05, 0) is 106 Å². The second kappa shape index (κ2) is 11.5. The number of hydrogen-bond acceptors (Lipinski definition) is 7. The van der Waals surface area contributed by atoms with Crippen molar-refractivity contribution in [3.05, 3.63) is 71.6 Å². The van der Waals surface area contributed by atoms with Crippen LogP contribution in [0.15, 0.2) is 66.7 Å². The molecular weight excluding hydrogens is 484 g/mol. The Morgan fingerprint density at radius 1 is 0.919 bits per heavy atom. The van der Waals surface area contributed by atoms with Crippen LogP contribution in [0.4, 0.5) is 0 Å². The van der Waals surface area contributed by atoms with Crippen molar-refractivity contribution in [2.75, 3.05) is 40.3 Å². The van der Waals surface area contributed by atoms with E-state index in [0.717, 1.165) is 38.4 Å². The molecule has 1 aromatic heterocycles. The molecule has 2 N–H and O–H groups in total. The molecule has 37 heavy (non-hydrogen) atoms. The Kier molecular flexibility index (Phi) is 7.96. The number of phenolic OH excluding ortho intramolecular Hbond substituents is 1. The van der Waals surface area contributed by atoms with Gasteiger partial charge in [0.2, 0.25) is 0 Å². The lowest BCUT2D eigenvalue weighted by Crippen LogP contribution is -2.33. The van der Waals surface area contributed by atoms with Crippen LogP contribution in [-0.4, -0.2) is 60.3 Å². The summed E-state index contributed by atoms with van der Waals surface area (Å²) in [5.41, 5.74) is 0.933. The molecule has 1 saturated heterocycles. The Morgan fingerprint density at radius 2 is 1.68 bits per heavy atom. The minimum absolute atomic E-state index is 0.213. The van der Waals surface area contributed by atoms with E-state index in [0.29, 0.717) is 18.1 Å². The van der Waals surface area contributed by atoms with Gasteiger partial charge in [0, 0.05) is 27.2 Å². The predicted molar refractivity (Wildman–Crippen MR) is 150 cm³/mol. The molecule has 0 radical (unpaired) electrons. The number of benzene rings is 3. The molecule has 1 aliphatic heterocycles. The third-order valence-electron chi connectivity index (χ3n) is 6.76. The van der Waals surface area contributed by atoms with Crippen LogP contribution < -0.4 is 9.47 Å². The number of nitrogens with zero attached hydrogens (tertiary/aromatic N) is 2. The average molecular weight is 519 g/mol. The minimum atomic E-state index is -0.664. The lowest BCUT2D eigenvalue weighted by atomic mass is 10.0. The fraction of sp³-hybridized carbons (Fsp3) is 0.333. The van der Waals surface area contributed by atoms with Crippen LogP contribution in [0.5, 0.6) is 23.0 Å². The van der Waals surface area contributed by atoms with Gasteiger partial charge in [-0.1, -0.05) is 12.5 Å². The van der Waals surface area contributed by atoms with Crippen LogP contribution in [0.25, 0.3) is 21.2 Å². The Bertz CT molecular complexity index is 1330. The maximum absolute atomic E-state index is 10.5. The van der Waals surface area contributed by atoms with Crippen molar-refractivity contribution in [1.29, 1.82) is 0 Å². The van der Waals surface area contributed by atoms with E-state index in [1.807, 2.05) is 68.7 Å². The number of aliphatic hydroxyl groups is 1. The van der Waals surface area contributed by atoms with E-state index in [1.165, 1.54) is 43.7 Å². The Labute approximate surface area is 222 Å². The lowest BCUT2D eigenvalue weighted by Gasteiger charge is -2.26. The molecule has 2 heterocycles. The van der Waals surface area contributed by atoms with E-state index in [9.17, 15) is 10.2 Å². The van der Waals surface area contributed by atoms with E-state index in [2.05, 4.69) is 4.90 Å². The zero-order chi connectivity index (χ0) is 25.8. The average Bonchev–Trinajstić information content (AvgIpc) is 3.40. The maximum Gasteiger partial charge on any atom is 0.143 e. The fourth-order valence-corrected chi connectivity index (χ4v) is 5.79. The van der Waals surface area contributed by atoms with Crippen molar-refractivity contribution in [3.8, 4) is 33.4 Å². The highest BCUT2D eigenvalue weighted by molar-refractivity contribution is 7.15. The highest BCUT2D eigenvalue weighted by Gasteiger charge is 2.18. The van der Waals surface area contributed by atoms with Gasteiger partial charge in [0.1, 0.15) is 35.8 Å². The summed E-state index contributed by atoms with van der Waals surface area (Å²) in [4.78, 5) is 6.10. The molecule has 1 unspecified atom stereocenters. The summed E-state index contributed by atoms with van der Waals surface area (Å²) in [6.07, 6.45) is 3.24. The van der Waals surface area contributed by atoms with Crippen LogP contribution in [-0.2, 0) is 0 Å². The number of piperidine rings is 1. The minimum Gasteiger partial charge on any atom is -0.508 e. The van der Waals surface area contributed by atoms with E-state index in [1.54, 1.807) is 17.0 Å². The van der Waals surface area contributed by atoms with E-state index >= 15 is 0 Å². The molecule has 6 nitrogen and oxygen atoms in total. The summed E-state index contributed by atoms with van der Waals surface area (Å²) in [6.45, 7) is 3.97. The summed E-state index contributed by atoms with van der Waals surface area (Å²) in [6, 6.07) is 21.0. The molecular formula is C30H34N2O4S. The first kappa shape index (κ1) is 25.5. The normalized spacial score (nSPS) is 15.2. The van der Waals surface area contributed by atoms with Gasteiger partial charge in [-0.15, -0.1) is 11.3 Å². The molecule has 0 amide bonds. The zero-order valence-electron chi connectivity index (χ0n) is 21.4. The van der Waals surface area contributed by atoms with Crippen molar-refractivity contribution < 1.29 is 19.7 Å². The Morgan fingerprint density at radius 3 is 2.43 bits per heavy atom. The third kappa shape index (κ3) is 6.08. The molecule has 1 atom stereocenters. The number of aromatic hydroxyl groups is 1. The van der Waals surface area contributed by atoms with Gasteiger partial charge in [-0.25, -0.2) is 0 Å². The second-order valence-corrected chi connectivity index (χ2v) is 10.8. The molecule has 5 rings (SSSR count). The molecule has 0 bridgehead atoms.